The topological polar surface area (TPSA) is 134 Å². The van der Waals surface area contributed by atoms with Crippen LogP contribution in [0.4, 0.5) is 4.79 Å². The summed E-state index contributed by atoms with van der Waals surface area (Å²) in [5.41, 5.74) is 6.43. The molecule has 2 aliphatic rings. The second-order valence-electron chi connectivity index (χ2n) is 8.97. The Balaban J connectivity index is 1.70. The Morgan fingerprint density at radius 1 is 1.06 bits per heavy atom. The Morgan fingerprint density at radius 3 is 2.41 bits per heavy atom. The molecule has 1 saturated heterocycles. The van der Waals surface area contributed by atoms with Gasteiger partial charge in [-0.15, -0.1) is 0 Å². The number of benzene rings is 1. The van der Waals surface area contributed by atoms with Crippen LogP contribution in [-0.2, 0) is 20.8 Å². The number of thioether (sulfide) groups is 1. The number of amides is 5. The standard InChI is InChI=1S/C24H35N5O4S/c1-34-15-20(30)29-13-12-18(28-24(33)26-17-10-6-3-7-11-17)21(29)23(32)27-19(22(25)31)14-16-8-4-2-5-9-16/h2,4-5,8-9,17-19,21H,3,6-7,10-15H2,1H3,(H2,25,31)(H,27,32)(H2,26,28,33)/t18-,19+,21-/m0/s1. The van der Waals surface area contributed by atoms with E-state index in [4.69, 9.17) is 5.73 Å². The van der Waals surface area contributed by atoms with Gasteiger partial charge in [-0.1, -0.05) is 49.6 Å². The minimum absolute atomic E-state index is 0.127. The van der Waals surface area contributed by atoms with Crippen LogP contribution in [-0.4, -0.2) is 71.4 Å². The molecule has 0 spiro atoms. The summed E-state index contributed by atoms with van der Waals surface area (Å²) in [6.45, 7) is 0.353. The summed E-state index contributed by atoms with van der Waals surface area (Å²) in [6.07, 6.45) is 7.77. The summed E-state index contributed by atoms with van der Waals surface area (Å²) < 4.78 is 0. The van der Waals surface area contributed by atoms with Gasteiger partial charge in [0.1, 0.15) is 12.1 Å². The van der Waals surface area contributed by atoms with E-state index in [0.717, 1.165) is 31.2 Å². The second kappa shape index (κ2) is 12.6. The lowest BCUT2D eigenvalue weighted by Gasteiger charge is -2.30. The van der Waals surface area contributed by atoms with Gasteiger partial charge in [-0.2, -0.15) is 11.8 Å². The quantitative estimate of drug-likeness (QED) is 0.413. The van der Waals surface area contributed by atoms with E-state index >= 15 is 0 Å². The van der Waals surface area contributed by atoms with E-state index in [-0.39, 0.29) is 30.2 Å². The average Bonchev–Trinajstić information content (AvgIpc) is 3.23. The third-order valence-corrected chi connectivity index (χ3v) is 6.99. The van der Waals surface area contributed by atoms with E-state index in [0.29, 0.717) is 13.0 Å². The molecule has 186 valence electrons. The van der Waals surface area contributed by atoms with Crippen LogP contribution in [0.3, 0.4) is 0 Å². The molecule has 0 unspecified atom stereocenters. The Morgan fingerprint density at radius 2 is 1.76 bits per heavy atom. The van der Waals surface area contributed by atoms with Crippen molar-refractivity contribution in [2.24, 2.45) is 5.73 Å². The molecule has 10 heteroatoms. The minimum Gasteiger partial charge on any atom is -0.368 e. The van der Waals surface area contributed by atoms with Crippen molar-refractivity contribution in [3.8, 4) is 0 Å². The number of rotatable bonds is 9. The number of nitrogens with zero attached hydrogens (tertiary/aromatic N) is 1. The van der Waals surface area contributed by atoms with E-state index in [1.165, 1.54) is 23.1 Å². The van der Waals surface area contributed by atoms with Crippen molar-refractivity contribution >= 4 is 35.5 Å². The maximum Gasteiger partial charge on any atom is 0.315 e. The Bertz CT molecular complexity index is 862. The average molecular weight is 490 g/mol. The summed E-state index contributed by atoms with van der Waals surface area (Å²) >= 11 is 1.37. The van der Waals surface area contributed by atoms with E-state index < -0.39 is 29.9 Å². The smallest absolute Gasteiger partial charge is 0.315 e. The molecule has 3 atom stereocenters. The van der Waals surface area contributed by atoms with Gasteiger partial charge in [0.05, 0.1) is 11.8 Å². The van der Waals surface area contributed by atoms with E-state index in [9.17, 15) is 19.2 Å². The summed E-state index contributed by atoms with van der Waals surface area (Å²) in [6, 6.07) is 6.67. The van der Waals surface area contributed by atoms with E-state index in [1.54, 1.807) is 0 Å². The number of hydrogen-bond donors (Lipinski definition) is 4. The number of nitrogens with two attached hydrogens (primary N) is 1. The maximum atomic E-state index is 13.4. The van der Waals surface area contributed by atoms with Crippen LogP contribution in [0.2, 0.25) is 0 Å². The molecule has 1 aromatic rings. The van der Waals surface area contributed by atoms with E-state index in [1.807, 2.05) is 36.6 Å². The predicted molar refractivity (Wildman–Crippen MR) is 132 cm³/mol. The second-order valence-corrected chi connectivity index (χ2v) is 9.83. The molecule has 9 nitrogen and oxygen atoms in total. The van der Waals surface area contributed by atoms with Gasteiger partial charge in [0, 0.05) is 19.0 Å². The highest BCUT2D eigenvalue weighted by Crippen LogP contribution is 2.21. The zero-order valence-corrected chi connectivity index (χ0v) is 20.4. The predicted octanol–water partition coefficient (Wildman–Crippen LogP) is 1.16. The first-order chi connectivity index (χ1) is 16.4. The number of carbonyl (C=O) groups excluding carboxylic acids is 4. The van der Waals surface area contributed by atoms with Crippen molar-refractivity contribution in [1.82, 2.24) is 20.9 Å². The van der Waals surface area contributed by atoms with Crippen LogP contribution in [0.1, 0.15) is 44.1 Å². The van der Waals surface area contributed by atoms with Crippen molar-refractivity contribution in [1.29, 1.82) is 0 Å². The van der Waals surface area contributed by atoms with E-state index in [2.05, 4.69) is 16.0 Å². The van der Waals surface area contributed by atoms with Gasteiger partial charge < -0.3 is 26.6 Å². The molecule has 0 radical (unpaired) electrons. The van der Waals surface area contributed by atoms with Crippen molar-refractivity contribution in [3.63, 3.8) is 0 Å². The molecule has 1 heterocycles. The molecule has 5 amide bonds. The third kappa shape index (κ3) is 7.12. The summed E-state index contributed by atoms with van der Waals surface area (Å²) in [4.78, 5) is 52.4. The highest BCUT2D eigenvalue weighted by atomic mass is 32.2. The SMILES string of the molecule is CSCC(=O)N1CC[C@H](NC(=O)NC2CCCCC2)[C@H]1C(=O)N[C@H](Cc1ccccc1)C(N)=O. The number of primary amides is 1. The Kier molecular flexibility index (Phi) is 9.62. The molecule has 1 aliphatic heterocycles. The molecule has 2 fully saturated rings. The number of carbonyl (C=O) groups is 4. The zero-order chi connectivity index (χ0) is 24.5. The van der Waals surface area contributed by atoms with Crippen LogP contribution >= 0.6 is 11.8 Å². The van der Waals surface area contributed by atoms with Crippen molar-refractivity contribution < 1.29 is 19.2 Å². The lowest BCUT2D eigenvalue weighted by atomic mass is 9.96. The van der Waals surface area contributed by atoms with Gasteiger partial charge in [-0.25, -0.2) is 4.79 Å². The first-order valence-electron chi connectivity index (χ1n) is 11.9. The normalized spacial score (nSPS) is 21.5. The first kappa shape index (κ1) is 25.9. The summed E-state index contributed by atoms with van der Waals surface area (Å²) in [5, 5.41) is 8.64. The van der Waals surface area contributed by atoms with Crippen molar-refractivity contribution in [3.05, 3.63) is 35.9 Å². The molecular formula is C24H35N5O4S. The van der Waals surface area contributed by atoms with Crippen LogP contribution in [0.25, 0.3) is 0 Å². The van der Waals surface area contributed by atoms with Gasteiger partial charge in [0.2, 0.25) is 17.7 Å². The maximum absolute atomic E-state index is 13.4. The van der Waals surface area contributed by atoms with Crippen LogP contribution < -0.4 is 21.7 Å². The lowest BCUT2D eigenvalue weighted by Crippen LogP contribution is -2.59. The molecule has 0 bridgehead atoms. The van der Waals surface area contributed by atoms with Gasteiger partial charge >= 0.3 is 6.03 Å². The van der Waals surface area contributed by atoms with Gasteiger partial charge in [-0.3, -0.25) is 14.4 Å². The summed E-state index contributed by atoms with van der Waals surface area (Å²) in [7, 11) is 0. The number of nitrogens with one attached hydrogen (secondary N) is 3. The van der Waals surface area contributed by atoms with Gasteiger partial charge in [0.25, 0.3) is 0 Å². The molecular weight excluding hydrogens is 454 g/mol. The van der Waals surface area contributed by atoms with Crippen molar-refractivity contribution in [2.45, 2.75) is 69.1 Å². The fourth-order valence-corrected chi connectivity index (χ4v) is 5.14. The molecule has 1 aromatic carbocycles. The fourth-order valence-electron chi connectivity index (χ4n) is 4.73. The molecule has 34 heavy (non-hydrogen) atoms. The zero-order valence-electron chi connectivity index (χ0n) is 19.6. The van der Waals surface area contributed by atoms with Crippen molar-refractivity contribution in [2.75, 3.05) is 18.6 Å². The molecule has 1 saturated carbocycles. The van der Waals surface area contributed by atoms with Gasteiger partial charge in [-0.05, 0) is 31.1 Å². The third-order valence-electron chi connectivity index (χ3n) is 6.45. The number of hydrogen-bond acceptors (Lipinski definition) is 5. The fraction of sp³-hybridized carbons (Fsp3) is 0.583. The summed E-state index contributed by atoms with van der Waals surface area (Å²) in [5.74, 6) is -1.09. The number of likely N-dealkylation sites (tertiary alicyclic amines) is 1. The largest absolute Gasteiger partial charge is 0.368 e. The van der Waals surface area contributed by atoms with Crippen LogP contribution in [0.5, 0.6) is 0 Å². The molecule has 0 aromatic heterocycles. The molecule has 5 N–H and O–H groups in total. The molecule has 1 aliphatic carbocycles. The highest BCUT2D eigenvalue weighted by molar-refractivity contribution is 7.99. The Hall–Kier alpha value is -2.75. The minimum atomic E-state index is -0.926. The lowest BCUT2D eigenvalue weighted by molar-refractivity contribution is -0.138. The van der Waals surface area contributed by atoms with Crippen LogP contribution in [0.15, 0.2) is 30.3 Å². The highest BCUT2D eigenvalue weighted by Gasteiger charge is 2.43. The Labute approximate surface area is 205 Å². The van der Waals surface area contributed by atoms with Crippen LogP contribution in [0, 0.1) is 0 Å². The molecule has 3 rings (SSSR count). The first-order valence-corrected chi connectivity index (χ1v) is 13.3. The monoisotopic (exact) mass is 489 g/mol. The van der Waals surface area contributed by atoms with Gasteiger partial charge in [0.15, 0.2) is 0 Å². The number of urea groups is 1.